The highest BCUT2D eigenvalue weighted by molar-refractivity contribution is 5.95. The van der Waals surface area contributed by atoms with Gasteiger partial charge >= 0.3 is 0 Å². The van der Waals surface area contributed by atoms with Crippen LogP contribution >= 0.6 is 0 Å². The van der Waals surface area contributed by atoms with E-state index in [2.05, 4.69) is 50.1 Å². The molecule has 1 aromatic heterocycles. The maximum atomic E-state index is 13.1. The van der Waals surface area contributed by atoms with E-state index in [-0.39, 0.29) is 5.91 Å². The van der Waals surface area contributed by atoms with Crippen LogP contribution in [-0.4, -0.2) is 57.9 Å². The van der Waals surface area contributed by atoms with Crippen LogP contribution in [-0.2, 0) is 6.42 Å². The van der Waals surface area contributed by atoms with E-state index < -0.39 is 0 Å². The normalized spacial score (nSPS) is 22.6. The second kappa shape index (κ2) is 8.17. The van der Waals surface area contributed by atoms with Gasteiger partial charge in [-0.1, -0.05) is 30.3 Å². The lowest BCUT2D eigenvalue weighted by atomic mass is 9.94. The third kappa shape index (κ3) is 4.19. The van der Waals surface area contributed by atoms with E-state index in [0.717, 1.165) is 44.7 Å². The number of carbonyl (C=O) groups excluding carboxylic acids is 1. The van der Waals surface area contributed by atoms with Crippen molar-refractivity contribution < 1.29 is 4.79 Å². The summed E-state index contributed by atoms with van der Waals surface area (Å²) in [6, 6.07) is 11.0. The summed E-state index contributed by atoms with van der Waals surface area (Å²) in [5.74, 6) is 0.684. The van der Waals surface area contributed by atoms with Crippen molar-refractivity contribution in [3.8, 4) is 0 Å². The van der Waals surface area contributed by atoms with Crippen LogP contribution in [0, 0.1) is 12.8 Å². The summed E-state index contributed by atoms with van der Waals surface area (Å²) in [7, 11) is 0. The van der Waals surface area contributed by atoms with Gasteiger partial charge in [0.1, 0.15) is 6.33 Å². The van der Waals surface area contributed by atoms with Crippen LogP contribution in [0.15, 0.2) is 42.9 Å². The monoisotopic (exact) mass is 364 g/mol. The van der Waals surface area contributed by atoms with Gasteiger partial charge in [-0.25, -0.2) is 9.97 Å². The molecule has 5 nitrogen and oxygen atoms in total. The smallest absolute Gasteiger partial charge is 0.257 e. The molecule has 0 saturated carbocycles. The molecule has 5 rings (SSSR count). The number of hydrogen-bond donors (Lipinski definition) is 0. The minimum absolute atomic E-state index is 0.105. The first kappa shape index (κ1) is 18.1. The number of piperidine rings is 1. The molecule has 3 saturated heterocycles. The molecule has 2 aromatic rings. The summed E-state index contributed by atoms with van der Waals surface area (Å²) in [5, 5.41) is 0. The predicted molar refractivity (Wildman–Crippen MR) is 106 cm³/mol. The number of benzene rings is 1. The molecule has 4 heterocycles. The number of rotatable bonds is 5. The molecule has 3 fully saturated rings. The van der Waals surface area contributed by atoms with Crippen LogP contribution in [0.4, 0.5) is 0 Å². The minimum Gasteiger partial charge on any atom is -0.334 e. The first-order valence-electron chi connectivity index (χ1n) is 10.0. The van der Waals surface area contributed by atoms with Crippen LogP contribution in [0.25, 0.3) is 0 Å². The van der Waals surface area contributed by atoms with E-state index in [9.17, 15) is 4.79 Å². The molecule has 1 amide bonds. The van der Waals surface area contributed by atoms with Gasteiger partial charge in [0, 0.05) is 31.9 Å². The minimum atomic E-state index is 0.105. The van der Waals surface area contributed by atoms with Gasteiger partial charge in [-0.05, 0) is 50.6 Å². The Balaban J connectivity index is 1.38. The number of carbonyl (C=O) groups is 1. The van der Waals surface area contributed by atoms with Crippen molar-refractivity contribution in [2.75, 3.05) is 26.2 Å². The Hall–Kier alpha value is -2.27. The van der Waals surface area contributed by atoms with E-state index in [1.807, 2.05) is 6.92 Å². The van der Waals surface area contributed by atoms with Crippen molar-refractivity contribution in [1.82, 2.24) is 19.8 Å². The molecular formula is C22H28N4O. The fourth-order valence-corrected chi connectivity index (χ4v) is 4.52. The van der Waals surface area contributed by atoms with Crippen LogP contribution in [0.3, 0.4) is 0 Å². The summed E-state index contributed by atoms with van der Waals surface area (Å²) in [6.45, 7) is 5.97. The van der Waals surface area contributed by atoms with Crippen molar-refractivity contribution >= 4 is 5.91 Å². The molecule has 2 atom stereocenters. The lowest BCUT2D eigenvalue weighted by Crippen LogP contribution is -2.47. The quantitative estimate of drug-likeness (QED) is 0.818. The van der Waals surface area contributed by atoms with Crippen LogP contribution in [0.5, 0.6) is 0 Å². The van der Waals surface area contributed by atoms with Crippen molar-refractivity contribution in [2.45, 2.75) is 38.6 Å². The fraction of sp³-hybridized carbons (Fsp3) is 0.500. The maximum Gasteiger partial charge on any atom is 0.257 e. The highest BCUT2D eigenvalue weighted by Gasteiger charge is 2.37. The maximum absolute atomic E-state index is 13.1. The lowest BCUT2D eigenvalue weighted by Gasteiger charge is -2.36. The van der Waals surface area contributed by atoms with Crippen molar-refractivity contribution in [2.24, 2.45) is 5.92 Å². The second-order valence-electron chi connectivity index (χ2n) is 7.93. The Morgan fingerprint density at radius 3 is 2.81 bits per heavy atom. The molecule has 1 aromatic carbocycles. The number of aryl methyl sites for hydroxylation is 2. The number of fused-ring (bicyclic) bond motifs is 4. The number of nitrogens with zero attached hydrogens (tertiary/aromatic N) is 4. The van der Waals surface area contributed by atoms with Gasteiger partial charge in [0.15, 0.2) is 0 Å². The SMILES string of the molecule is Cc1ncncc1C(=O)N1C[C@H]2CC[C@@H]1CN(CCCc1ccccc1)C2. The Morgan fingerprint density at radius 1 is 1.15 bits per heavy atom. The molecule has 0 radical (unpaired) electrons. The second-order valence-corrected chi connectivity index (χ2v) is 7.93. The largest absolute Gasteiger partial charge is 0.334 e. The summed E-state index contributed by atoms with van der Waals surface area (Å²) in [4.78, 5) is 26.0. The molecule has 0 spiro atoms. The van der Waals surface area contributed by atoms with Gasteiger partial charge in [0.2, 0.25) is 0 Å². The van der Waals surface area contributed by atoms with E-state index >= 15 is 0 Å². The predicted octanol–water partition coefficient (Wildman–Crippen LogP) is 2.95. The molecule has 0 aliphatic carbocycles. The number of hydrogen-bond acceptors (Lipinski definition) is 4. The third-order valence-corrected chi connectivity index (χ3v) is 5.97. The topological polar surface area (TPSA) is 49.3 Å². The Kier molecular flexibility index (Phi) is 5.48. The molecule has 5 heteroatoms. The lowest BCUT2D eigenvalue weighted by molar-refractivity contribution is 0.0583. The standard InChI is InChI=1S/C22H28N4O/c1-17-21(12-23-16-24-17)22(27)26-14-19-9-10-20(26)15-25(13-19)11-5-8-18-6-3-2-4-7-18/h2-4,6-7,12,16,19-20H,5,8-11,13-15H2,1H3/t19-,20+/m0/s1. The molecule has 0 unspecified atom stereocenters. The molecule has 142 valence electrons. The van der Waals surface area contributed by atoms with Crippen molar-refractivity contribution in [3.63, 3.8) is 0 Å². The fourth-order valence-electron chi connectivity index (χ4n) is 4.52. The van der Waals surface area contributed by atoms with Gasteiger partial charge in [0.25, 0.3) is 5.91 Å². The summed E-state index contributed by atoms with van der Waals surface area (Å²) in [5.41, 5.74) is 2.84. The highest BCUT2D eigenvalue weighted by Crippen LogP contribution is 2.29. The van der Waals surface area contributed by atoms with E-state index in [1.165, 1.54) is 24.7 Å². The summed E-state index contributed by atoms with van der Waals surface area (Å²) in [6.07, 6.45) is 7.81. The molecule has 27 heavy (non-hydrogen) atoms. The first-order valence-corrected chi connectivity index (χ1v) is 10.0. The number of amides is 1. The zero-order valence-electron chi connectivity index (χ0n) is 16.1. The van der Waals surface area contributed by atoms with Crippen LogP contribution < -0.4 is 0 Å². The molecular weight excluding hydrogens is 336 g/mol. The average molecular weight is 364 g/mol. The summed E-state index contributed by atoms with van der Waals surface area (Å²) < 4.78 is 0. The van der Waals surface area contributed by atoms with Crippen LogP contribution in [0.2, 0.25) is 0 Å². The van der Waals surface area contributed by atoms with Gasteiger partial charge in [-0.15, -0.1) is 0 Å². The Labute approximate surface area is 161 Å². The summed E-state index contributed by atoms with van der Waals surface area (Å²) >= 11 is 0. The molecule has 0 N–H and O–H groups in total. The Bertz CT molecular complexity index is 779. The van der Waals surface area contributed by atoms with Gasteiger partial charge in [-0.3, -0.25) is 4.79 Å². The van der Waals surface area contributed by atoms with Crippen molar-refractivity contribution in [1.29, 1.82) is 0 Å². The van der Waals surface area contributed by atoms with E-state index in [1.54, 1.807) is 6.20 Å². The van der Waals surface area contributed by atoms with Gasteiger partial charge in [-0.2, -0.15) is 0 Å². The molecule has 3 aliphatic rings. The van der Waals surface area contributed by atoms with E-state index in [0.29, 0.717) is 17.5 Å². The molecule has 2 bridgehead atoms. The van der Waals surface area contributed by atoms with Gasteiger partial charge in [0.05, 0.1) is 11.3 Å². The average Bonchev–Trinajstić information content (AvgIpc) is 3.00. The number of aromatic nitrogens is 2. The zero-order valence-corrected chi connectivity index (χ0v) is 16.1. The highest BCUT2D eigenvalue weighted by atomic mass is 16.2. The first-order chi connectivity index (χ1) is 13.2. The van der Waals surface area contributed by atoms with Crippen molar-refractivity contribution in [3.05, 3.63) is 59.7 Å². The molecule has 3 aliphatic heterocycles. The van der Waals surface area contributed by atoms with E-state index in [4.69, 9.17) is 0 Å². The van der Waals surface area contributed by atoms with Gasteiger partial charge < -0.3 is 9.80 Å². The third-order valence-electron chi connectivity index (χ3n) is 5.97. The zero-order chi connectivity index (χ0) is 18.6. The van der Waals surface area contributed by atoms with Crippen LogP contribution in [0.1, 0.15) is 40.9 Å². The Morgan fingerprint density at radius 2 is 2.00 bits per heavy atom.